The summed E-state index contributed by atoms with van der Waals surface area (Å²) in [4.78, 5) is 23.8. The second-order valence-corrected chi connectivity index (χ2v) is 11.5. The molecule has 0 heterocycles. The van der Waals surface area contributed by atoms with E-state index in [0.717, 1.165) is 38.5 Å². The summed E-state index contributed by atoms with van der Waals surface area (Å²) in [6.45, 7) is 4.53. The fraction of sp³-hybridized carbons (Fsp3) is 0.833. The van der Waals surface area contributed by atoms with Gasteiger partial charge in [0.25, 0.3) is 0 Å². The van der Waals surface area contributed by atoms with Crippen molar-refractivity contribution in [2.75, 3.05) is 0 Å². The molecule has 0 fully saturated rings. The number of ether oxygens (including phenoxy) is 1. The van der Waals surface area contributed by atoms with Crippen LogP contribution in [-0.4, -0.2) is 11.9 Å². The Hall–Kier alpha value is -0.341. The predicted octanol–water partition coefficient (Wildman–Crippen LogP) is 12.1. The van der Waals surface area contributed by atoms with Crippen LogP contribution in [0, 0.1) is 0 Å². The number of hydrogen-bond donors (Lipinski definition) is 0. The van der Waals surface area contributed by atoms with Crippen LogP contribution in [0.3, 0.4) is 0 Å². The van der Waals surface area contributed by atoms with Crippen LogP contribution in [0.25, 0.3) is 0 Å². The minimum atomic E-state index is -0.342. The number of allylic oxidation sites excluding steroid dienone is 4. The number of unbranched alkanes of at least 4 members (excludes halogenated alkanes) is 22. The third-order valence-corrected chi connectivity index (χ3v) is 7.51. The zero-order valence-corrected chi connectivity index (χ0v) is 29.4. The van der Waals surface area contributed by atoms with Crippen molar-refractivity contribution in [2.24, 2.45) is 0 Å². The molecule has 0 spiro atoms. The van der Waals surface area contributed by atoms with Crippen molar-refractivity contribution in [3.05, 3.63) is 24.3 Å². The maximum absolute atomic E-state index is 11.9. The molecule has 0 aliphatic heterocycles. The second-order valence-electron chi connectivity index (χ2n) is 11.5. The molecule has 0 saturated carbocycles. The van der Waals surface area contributed by atoms with Gasteiger partial charge in [0.1, 0.15) is 0 Å². The zero-order valence-electron chi connectivity index (χ0n) is 27.1. The van der Waals surface area contributed by atoms with E-state index < -0.39 is 0 Å². The molecular weight excluding hydrogens is 590 g/mol. The predicted molar refractivity (Wildman–Crippen MR) is 170 cm³/mol. The molecule has 0 aromatic rings. The summed E-state index contributed by atoms with van der Waals surface area (Å²) in [6.07, 6.45) is 42.2. The standard InChI is InChI=1S/C36H66O3.2Mn/c1-3-5-7-9-11-13-15-17-19-21-23-25-27-29-31-33-35(37)39-36(38)34-32-30-28-26-24-22-20-18-16-14-12-10-8-6-4-2;;/h17-20H,3-16,21-34H2,1-2H3;;/b19-17-,20-18-;;. The SMILES string of the molecule is CCCCCCCC/C=C\CCCCCCCC(=O)OC(=O)CCCCCCC/C=C\CCCCCCCC.[Mn].[Mn]. The average molecular weight is 657 g/mol. The van der Waals surface area contributed by atoms with Crippen LogP contribution in [0.15, 0.2) is 24.3 Å². The van der Waals surface area contributed by atoms with Crippen LogP contribution in [0.5, 0.6) is 0 Å². The van der Waals surface area contributed by atoms with Crippen LogP contribution in [0.4, 0.5) is 0 Å². The van der Waals surface area contributed by atoms with Gasteiger partial charge in [0.05, 0.1) is 0 Å². The van der Waals surface area contributed by atoms with E-state index in [9.17, 15) is 9.59 Å². The van der Waals surface area contributed by atoms with Gasteiger partial charge in [-0.2, -0.15) is 0 Å². The molecule has 0 aliphatic carbocycles. The second kappa shape index (κ2) is 39.7. The summed E-state index contributed by atoms with van der Waals surface area (Å²) in [7, 11) is 0. The molecule has 0 unspecified atom stereocenters. The Balaban J connectivity index is -0.00000722. The molecule has 0 bridgehead atoms. The summed E-state index contributed by atoms with van der Waals surface area (Å²) >= 11 is 0. The van der Waals surface area contributed by atoms with Crippen LogP contribution in [0.2, 0.25) is 0 Å². The molecule has 2 radical (unpaired) electrons. The molecule has 0 atom stereocenters. The molecule has 0 aromatic carbocycles. The summed E-state index contributed by atoms with van der Waals surface area (Å²) in [6, 6.07) is 0. The molecule has 0 N–H and O–H groups in total. The molecule has 41 heavy (non-hydrogen) atoms. The Morgan fingerprint density at radius 1 is 0.390 bits per heavy atom. The van der Waals surface area contributed by atoms with E-state index >= 15 is 0 Å². The van der Waals surface area contributed by atoms with E-state index in [1.54, 1.807) is 0 Å². The van der Waals surface area contributed by atoms with Crippen molar-refractivity contribution in [1.29, 1.82) is 0 Å². The van der Waals surface area contributed by atoms with Crippen LogP contribution in [0.1, 0.15) is 194 Å². The maximum atomic E-state index is 11.9. The minimum absolute atomic E-state index is 0. The van der Waals surface area contributed by atoms with Gasteiger partial charge in [0.2, 0.25) is 0 Å². The Morgan fingerprint density at radius 3 is 0.927 bits per heavy atom. The normalized spacial score (nSPS) is 11.1. The van der Waals surface area contributed by atoms with Crippen LogP contribution < -0.4 is 0 Å². The maximum Gasteiger partial charge on any atom is 0.313 e. The first-order valence-corrected chi connectivity index (χ1v) is 17.2. The first-order valence-electron chi connectivity index (χ1n) is 17.2. The zero-order chi connectivity index (χ0) is 28.5. The molecule has 0 amide bonds. The van der Waals surface area contributed by atoms with Gasteiger partial charge in [-0.1, -0.05) is 141 Å². The van der Waals surface area contributed by atoms with Gasteiger partial charge >= 0.3 is 11.9 Å². The van der Waals surface area contributed by atoms with Crippen LogP contribution >= 0.6 is 0 Å². The number of carbonyl (C=O) groups excluding carboxylic acids is 2. The third-order valence-electron chi connectivity index (χ3n) is 7.51. The molecule has 0 rings (SSSR count). The molecule has 0 aliphatic rings. The Bertz CT molecular complexity index is 539. The molecule has 0 saturated heterocycles. The fourth-order valence-electron chi connectivity index (χ4n) is 4.91. The smallest absolute Gasteiger partial charge is 0.313 e. The van der Waals surface area contributed by atoms with Crippen molar-refractivity contribution in [2.45, 2.75) is 194 Å². The molecule has 5 heteroatoms. The van der Waals surface area contributed by atoms with Gasteiger partial charge in [-0.15, -0.1) is 0 Å². The van der Waals surface area contributed by atoms with Gasteiger partial charge in [0.15, 0.2) is 0 Å². The first kappa shape index (κ1) is 45.1. The van der Waals surface area contributed by atoms with E-state index in [4.69, 9.17) is 4.74 Å². The van der Waals surface area contributed by atoms with Crippen molar-refractivity contribution in [3.63, 3.8) is 0 Å². The van der Waals surface area contributed by atoms with Crippen molar-refractivity contribution >= 4 is 11.9 Å². The number of rotatable bonds is 30. The van der Waals surface area contributed by atoms with E-state index in [2.05, 4.69) is 38.2 Å². The van der Waals surface area contributed by atoms with E-state index in [1.165, 1.54) is 128 Å². The molecule has 242 valence electrons. The van der Waals surface area contributed by atoms with Crippen molar-refractivity contribution < 1.29 is 48.5 Å². The summed E-state index contributed by atoms with van der Waals surface area (Å²) in [5, 5.41) is 0. The van der Waals surface area contributed by atoms with Gasteiger partial charge < -0.3 is 4.74 Å². The topological polar surface area (TPSA) is 43.4 Å². The summed E-state index contributed by atoms with van der Waals surface area (Å²) in [5.74, 6) is -0.684. The number of hydrogen-bond acceptors (Lipinski definition) is 3. The molecule has 3 nitrogen and oxygen atoms in total. The summed E-state index contributed by atoms with van der Waals surface area (Å²) in [5.41, 5.74) is 0. The van der Waals surface area contributed by atoms with E-state index in [1.807, 2.05) is 0 Å². The van der Waals surface area contributed by atoms with Crippen LogP contribution in [-0.2, 0) is 48.5 Å². The molecular formula is C36H66Mn2O3. The average Bonchev–Trinajstić information content (AvgIpc) is 2.93. The first-order chi connectivity index (χ1) is 19.2. The Morgan fingerprint density at radius 2 is 0.634 bits per heavy atom. The summed E-state index contributed by atoms with van der Waals surface area (Å²) < 4.78 is 4.99. The number of esters is 2. The number of carbonyl (C=O) groups is 2. The van der Waals surface area contributed by atoms with Gasteiger partial charge in [-0.05, 0) is 64.2 Å². The quantitative estimate of drug-likeness (QED) is 0.0254. The van der Waals surface area contributed by atoms with Crippen molar-refractivity contribution in [1.82, 2.24) is 0 Å². The van der Waals surface area contributed by atoms with Gasteiger partial charge in [0, 0.05) is 47.0 Å². The Labute approximate surface area is 277 Å². The molecule has 0 aromatic heterocycles. The monoisotopic (exact) mass is 656 g/mol. The van der Waals surface area contributed by atoms with Gasteiger partial charge in [-0.3, -0.25) is 9.59 Å². The fourth-order valence-corrected chi connectivity index (χ4v) is 4.91. The minimum Gasteiger partial charge on any atom is -0.393 e. The van der Waals surface area contributed by atoms with Gasteiger partial charge in [-0.25, -0.2) is 0 Å². The van der Waals surface area contributed by atoms with Crippen molar-refractivity contribution in [3.8, 4) is 0 Å². The Kier molecular flexibility index (Phi) is 43.6. The van der Waals surface area contributed by atoms with E-state index in [-0.39, 0.29) is 46.1 Å². The van der Waals surface area contributed by atoms with E-state index in [0.29, 0.717) is 12.8 Å². The third kappa shape index (κ3) is 39.7. The largest absolute Gasteiger partial charge is 0.393 e.